The molecule has 0 saturated carbocycles. The molecule has 1 fully saturated rings. The third kappa shape index (κ3) is 3.00. The molecule has 2 rings (SSSR count). The summed E-state index contributed by atoms with van der Waals surface area (Å²) in [5.41, 5.74) is 7.36. The minimum absolute atomic E-state index is 0.305. The highest BCUT2D eigenvalue weighted by Gasteiger charge is 2.30. The molecule has 0 aromatic heterocycles. The molecule has 6 heteroatoms. The molecule has 0 radical (unpaired) electrons. The molecule has 1 aromatic rings. The zero-order chi connectivity index (χ0) is 13.8. The SMILES string of the molecule is CNCc1cccc(Cl)c1N1CCOCC1C(N)=O. The normalized spacial score (nSPS) is 19.5. The molecule has 0 aliphatic carbocycles. The maximum Gasteiger partial charge on any atom is 0.242 e. The van der Waals surface area contributed by atoms with Crippen LogP contribution in [0.5, 0.6) is 0 Å². The van der Waals surface area contributed by atoms with Gasteiger partial charge < -0.3 is 20.7 Å². The Hall–Kier alpha value is -1.30. The number of benzene rings is 1. The predicted octanol–water partition coefficient (Wildman–Crippen LogP) is 0.750. The van der Waals surface area contributed by atoms with E-state index in [0.717, 1.165) is 11.3 Å². The molecule has 3 N–H and O–H groups in total. The summed E-state index contributed by atoms with van der Waals surface area (Å²) in [4.78, 5) is 13.5. The Morgan fingerprint density at radius 3 is 3.11 bits per heavy atom. The lowest BCUT2D eigenvalue weighted by molar-refractivity contribution is -0.121. The van der Waals surface area contributed by atoms with Crippen molar-refractivity contribution in [3.8, 4) is 0 Å². The lowest BCUT2D eigenvalue weighted by atomic mass is 10.1. The number of carbonyl (C=O) groups excluding carboxylic acids is 1. The number of nitrogens with two attached hydrogens (primary N) is 1. The number of morpholine rings is 1. The Morgan fingerprint density at radius 2 is 2.42 bits per heavy atom. The van der Waals surface area contributed by atoms with Crippen molar-refractivity contribution in [2.24, 2.45) is 5.73 Å². The Balaban J connectivity index is 2.40. The first-order valence-corrected chi connectivity index (χ1v) is 6.58. The smallest absolute Gasteiger partial charge is 0.242 e. The highest BCUT2D eigenvalue weighted by molar-refractivity contribution is 6.33. The van der Waals surface area contributed by atoms with Crippen molar-refractivity contribution in [3.05, 3.63) is 28.8 Å². The van der Waals surface area contributed by atoms with E-state index in [0.29, 0.717) is 31.3 Å². The average molecular weight is 284 g/mol. The molecular weight excluding hydrogens is 266 g/mol. The number of ether oxygens (including phenoxy) is 1. The van der Waals surface area contributed by atoms with Crippen molar-refractivity contribution in [2.75, 3.05) is 31.7 Å². The lowest BCUT2D eigenvalue weighted by Crippen LogP contribution is -2.53. The van der Waals surface area contributed by atoms with E-state index >= 15 is 0 Å². The number of anilines is 1. The Bertz CT molecular complexity index is 467. The number of nitrogens with one attached hydrogen (secondary N) is 1. The fourth-order valence-corrected chi connectivity index (χ4v) is 2.62. The molecule has 1 saturated heterocycles. The van der Waals surface area contributed by atoms with Crippen LogP contribution in [-0.2, 0) is 16.1 Å². The summed E-state index contributed by atoms with van der Waals surface area (Å²) >= 11 is 6.31. The van der Waals surface area contributed by atoms with Crippen molar-refractivity contribution in [1.82, 2.24) is 5.32 Å². The minimum Gasteiger partial charge on any atom is -0.377 e. The van der Waals surface area contributed by atoms with Gasteiger partial charge in [0.15, 0.2) is 0 Å². The molecule has 1 amide bonds. The number of halogens is 1. The van der Waals surface area contributed by atoms with Crippen molar-refractivity contribution >= 4 is 23.2 Å². The molecule has 1 aliphatic rings. The number of nitrogens with zero attached hydrogens (tertiary/aromatic N) is 1. The van der Waals surface area contributed by atoms with Gasteiger partial charge in [-0.25, -0.2) is 0 Å². The summed E-state index contributed by atoms with van der Waals surface area (Å²) in [5.74, 6) is -0.393. The van der Waals surface area contributed by atoms with Gasteiger partial charge in [0.05, 0.1) is 23.9 Å². The van der Waals surface area contributed by atoms with Crippen LogP contribution in [0.2, 0.25) is 5.02 Å². The number of para-hydroxylation sites is 1. The van der Waals surface area contributed by atoms with Crippen molar-refractivity contribution in [1.29, 1.82) is 0 Å². The number of hydrogen-bond donors (Lipinski definition) is 2. The summed E-state index contributed by atoms with van der Waals surface area (Å²) in [6, 6.07) is 5.25. The third-order valence-corrected chi connectivity index (χ3v) is 3.49. The van der Waals surface area contributed by atoms with Crippen LogP contribution >= 0.6 is 11.6 Å². The van der Waals surface area contributed by atoms with Crippen LogP contribution in [-0.4, -0.2) is 38.8 Å². The van der Waals surface area contributed by atoms with Gasteiger partial charge in [-0.1, -0.05) is 23.7 Å². The van der Waals surface area contributed by atoms with Gasteiger partial charge in [0.2, 0.25) is 5.91 Å². The van der Waals surface area contributed by atoms with Gasteiger partial charge in [-0.05, 0) is 18.7 Å². The Morgan fingerprint density at radius 1 is 1.63 bits per heavy atom. The van der Waals surface area contributed by atoms with Gasteiger partial charge >= 0.3 is 0 Å². The summed E-state index contributed by atoms with van der Waals surface area (Å²) in [6.45, 7) is 2.15. The van der Waals surface area contributed by atoms with E-state index in [4.69, 9.17) is 22.1 Å². The Labute approximate surface area is 117 Å². The largest absolute Gasteiger partial charge is 0.377 e. The highest BCUT2D eigenvalue weighted by atomic mass is 35.5. The molecule has 1 unspecified atom stereocenters. The number of primary amides is 1. The highest BCUT2D eigenvalue weighted by Crippen LogP contribution is 2.32. The van der Waals surface area contributed by atoms with E-state index in [1.165, 1.54) is 0 Å². The maximum absolute atomic E-state index is 11.6. The van der Waals surface area contributed by atoms with Crippen LogP contribution in [0.4, 0.5) is 5.69 Å². The second-order valence-corrected chi connectivity index (χ2v) is 4.87. The molecule has 5 nitrogen and oxygen atoms in total. The monoisotopic (exact) mass is 283 g/mol. The molecule has 104 valence electrons. The maximum atomic E-state index is 11.6. The second kappa shape index (κ2) is 6.23. The summed E-state index contributed by atoms with van der Waals surface area (Å²) in [5, 5.41) is 3.73. The van der Waals surface area contributed by atoms with Crippen LogP contribution in [0, 0.1) is 0 Å². The zero-order valence-electron chi connectivity index (χ0n) is 10.9. The van der Waals surface area contributed by atoms with E-state index in [2.05, 4.69) is 5.32 Å². The molecule has 0 spiro atoms. The molecule has 1 atom stereocenters. The molecule has 0 bridgehead atoms. The lowest BCUT2D eigenvalue weighted by Gasteiger charge is -2.37. The first-order valence-electron chi connectivity index (χ1n) is 6.21. The van der Waals surface area contributed by atoms with Gasteiger partial charge in [-0.2, -0.15) is 0 Å². The quantitative estimate of drug-likeness (QED) is 0.856. The summed E-state index contributed by atoms with van der Waals surface area (Å²) in [7, 11) is 1.87. The van der Waals surface area contributed by atoms with Crippen LogP contribution in [0.15, 0.2) is 18.2 Å². The van der Waals surface area contributed by atoms with E-state index in [1.54, 1.807) is 0 Å². The number of rotatable bonds is 4. The van der Waals surface area contributed by atoms with Crippen LogP contribution < -0.4 is 16.0 Å². The third-order valence-electron chi connectivity index (χ3n) is 3.18. The zero-order valence-corrected chi connectivity index (χ0v) is 11.6. The summed E-state index contributed by atoms with van der Waals surface area (Å²) < 4.78 is 5.33. The van der Waals surface area contributed by atoms with Gasteiger partial charge in [-0.15, -0.1) is 0 Å². The Kier molecular flexibility index (Phi) is 4.63. The van der Waals surface area contributed by atoms with E-state index in [-0.39, 0.29) is 0 Å². The van der Waals surface area contributed by atoms with E-state index in [9.17, 15) is 4.79 Å². The van der Waals surface area contributed by atoms with Crippen LogP contribution in [0.25, 0.3) is 0 Å². The fraction of sp³-hybridized carbons (Fsp3) is 0.462. The van der Waals surface area contributed by atoms with Crippen LogP contribution in [0.3, 0.4) is 0 Å². The van der Waals surface area contributed by atoms with Gasteiger partial charge in [0.1, 0.15) is 6.04 Å². The van der Waals surface area contributed by atoms with Crippen molar-refractivity contribution in [3.63, 3.8) is 0 Å². The first kappa shape index (κ1) is 14.1. The molecule has 1 aliphatic heterocycles. The second-order valence-electron chi connectivity index (χ2n) is 4.46. The summed E-state index contributed by atoms with van der Waals surface area (Å²) in [6.07, 6.45) is 0. The average Bonchev–Trinajstić information content (AvgIpc) is 2.39. The predicted molar refractivity (Wildman–Crippen MR) is 75.4 cm³/mol. The first-order chi connectivity index (χ1) is 9.15. The molecule has 19 heavy (non-hydrogen) atoms. The van der Waals surface area contributed by atoms with Crippen molar-refractivity contribution in [2.45, 2.75) is 12.6 Å². The van der Waals surface area contributed by atoms with Gasteiger partial charge in [0, 0.05) is 13.1 Å². The topological polar surface area (TPSA) is 67.6 Å². The van der Waals surface area contributed by atoms with Gasteiger partial charge in [0.25, 0.3) is 0 Å². The molecular formula is C13H18ClN3O2. The molecule has 1 aromatic carbocycles. The fourth-order valence-electron chi connectivity index (χ4n) is 2.32. The standard InChI is InChI=1S/C13H18ClN3O2/c1-16-7-9-3-2-4-10(14)12(9)17-5-6-19-8-11(17)13(15)18/h2-4,11,16H,5-8H2,1H3,(H2,15,18). The van der Waals surface area contributed by atoms with Crippen molar-refractivity contribution < 1.29 is 9.53 Å². The van der Waals surface area contributed by atoms with Gasteiger partial charge in [-0.3, -0.25) is 4.79 Å². The molecule has 1 heterocycles. The van der Waals surface area contributed by atoms with E-state index in [1.807, 2.05) is 30.1 Å². The number of amides is 1. The van der Waals surface area contributed by atoms with E-state index < -0.39 is 11.9 Å². The minimum atomic E-state index is -0.468. The number of hydrogen-bond acceptors (Lipinski definition) is 4. The number of carbonyl (C=O) groups is 1. The van der Waals surface area contributed by atoms with Crippen LogP contribution in [0.1, 0.15) is 5.56 Å².